The Morgan fingerprint density at radius 2 is 1.66 bits per heavy atom. The van der Waals surface area contributed by atoms with Crippen LogP contribution in [0.5, 0.6) is 0 Å². The highest BCUT2D eigenvalue weighted by molar-refractivity contribution is 9.10. The SMILES string of the molecule is CNC(=O)[C@H](Cc1ccccc1)N(Cc1ccc(Br)cc1)C(=O)CN(c1cccc([N+](=O)[O-])c1)S(C)(=O)=O. The fourth-order valence-corrected chi connectivity index (χ4v) is 4.99. The van der Waals surface area contributed by atoms with Gasteiger partial charge in [-0.3, -0.25) is 24.0 Å². The molecule has 0 aliphatic rings. The smallest absolute Gasteiger partial charge is 0.271 e. The van der Waals surface area contributed by atoms with Crippen LogP contribution in [0.1, 0.15) is 11.1 Å². The Morgan fingerprint density at radius 3 is 2.24 bits per heavy atom. The molecule has 0 saturated carbocycles. The first-order valence-corrected chi connectivity index (χ1v) is 14.2. The number of carbonyl (C=O) groups excluding carboxylic acids is 2. The van der Waals surface area contributed by atoms with Crippen LogP contribution in [0.3, 0.4) is 0 Å². The Morgan fingerprint density at radius 1 is 1.00 bits per heavy atom. The third-order valence-corrected chi connectivity index (χ3v) is 7.46. The Balaban J connectivity index is 2.03. The van der Waals surface area contributed by atoms with Gasteiger partial charge in [0.1, 0.15) is 12.6 Å². The molecule has 3 aromatic rings. The number of nitro benzene ring substituents is 1. The third kappa shape index (κ3) is 7.62. The molecule has 0 spiro atoms. The summed E-state index contributed by atoms with van der Waals surface area (Å²) in [5, 5.41) is 13.9. The average molecular weight is 603 g/mol. The van der Waals surface area contributed by atoms with E-state index in [1.807, 2.05) is 30.3 Å². The lowest BCUT2D eigenvalue weighted by molar-refractivity contribution is -0.384. The number of likely N-dealkylation sites (N-methyl/N-ethyl adjacent to an activating group) is 1. The molecule has 3 rings (SSSR count). The first kappa shape index (κ1) is 28.8. The number of benzene rings is 3. The van der Waals surface area contributed by atoms with Crippen LogP contribution in [-0.2, 0) is 32.6 Å². The van der Waals surface area contributed by atoms with Crippen LogP contribution in [-0.4, -0.2) is 55.9 Å². The van der Waals surface area contributed by atoms with Gasteiger partial charge in [-0.2, -0.15) is 0 Å². The quantitative estimate of drug-likeness (QED) is 0.264. The van der Waals surface area contributed by atoms with Crippen molar-refractivity contribution in [2.75, 3.05) is 24.2 Å². The summed E-state index contributed by atoms with van der Waals surface area (Å²) in [6, 6.07) is 20.4. The summed E-state index contributed by atoms with van der Waals surface area (Å²) < 4.78 is 27.1. The zero-order valence-corrected chi connectivity index (χ0v) is 23.2. The number of sulfonamides is 1. The normalized spacial score (nSPS) is 11.9. The second-order valence-electron chi connectivity index (χ2n) is 8.51. The predicted molar refractivity (Wildman–Crippen MR) is 148 cm³/mol. The molecule has 2 amide bonds. The van der Waals surface area contributed by atoms with Crippen molar-refractivity contribution in [1.29, 1.82) is 0 Å². The van der Waals surface area contributed by atoms with Crippen molar-refractivity contribution in [3.63, 3.8) is 0 Å². The van der Waals surface area contributed by atoms with Gasteiger partial charge in [-0.15, -0.1) is 0 Å². The number of halogens is 1. The van der Waals surface area contributed by atoms with E-state index in [9.17, 15) is 28.1 Å². The minimum absolute atomic E-state index is 0.0294. The number of non-ortho nitro benzene ring substituents is 1. The number of amides is 2. The lowest BCUT2D eigenvalue weighted by Crippen LogP contribution is -2.52. The van der Waals surface area contributed by atoms with Crippen molar-refractivity contribution in [3.05, 3.63) is 105 Å². The molecule has 3 aromatic carbocycles. The second-order valence-corrected chi connectivity index (χ2v) is 11.3. The molecule has 38 heavy (non-hydrogen) atoms. The van der Waals surface area contributed by atoms with Gasteiger partial charge >= 0.3 is 0 Å². The lowest BCUT2D eigenvalue weighted by atomic mass is 10.0. The predicted octanol–water partition coefficient (Wildman–Crippen LogP) is 3.51. The van der Waals surface area contributed by atoms with Crippen molar-refractivity contribution >= 4 is 49.1 Å². The molecule has 0 heterocycles. The van der Waals surface area contributed by atoms with E-state index in [2.05, 4.69) is 21.2 Å². The summed E-state index contributed by atoms with van der Waals surface area (Å²) in [5.74, 6) is -1.06. The maximum Gasteiger partial charge on any atom is 0.271 e. The van der Waals surface area contributed by atoms with Gasteiger partial charge in [-0.25, -0.2) is 8.42 Å². The molecule has 0 radical (unpaired) electrons. The minimum Gasteiger partial charge on any atom is -0.357 e. The van der Waals surface area contributed by atoms with Crippen molar-refractivity contribution < 1.29 is 22.9 Å². The van der Waals surface area contributed by atoms with E-state index in [0.29, 0.717) is 0 Å². The maximum absolute atomic E-state index is 13.8. The molecule has 0 fully saturated rings. The van der Waals surface area contributed by atoms with E-state index < -0.39 is 39.3 Å². The second kappa shape index (κ2) is 12.7. The molecule has 0 saturated heterocycles. The molecular weight excluding hydrogens is 576 g/mol. The van der Waals surface area contributed by atoms with Crippen LogP contribution in [0.4, 0.5) is 11.4 Å². The van der Waals surface area contributed by atoms with Gasteiger partial charge in [0.25, 0.3) is 5.69 Å². The molecule has 0 bridgehead atoms. The standard InChI is InChI=1S/C26H27BrN4O6S/c1-28-26(33)24(15-19-7-4-3-5-8-19)29(17-20-11-13-21(27)14-12-20)25(32)18-30(38(2,36)37)22-9-6-10-23(16-22)31(34)35/h3-14,16,24H,15,17-18H2,1-2H3,(H,28,33)/t24-/m0/s1. The number of nitro groups is 1. The highest BCUT2D eigenvalue weighted by atomic mass is 79.9. The van der Waals surface area contributed by atoms with Crippen molar-refractivity contribution in [2.24, 2.45) is 0 Å². The number of nitrogens with one attached hydrogen (secondary N) is 1. The van der Waals surface area contributed by atoms with Crippen molar-refractivity contribution in [2.45, 2.75) is 19.0 Å². The Hall–Kier alpha value is -3.77. The number of rotatable bonds is 11. The molecular formula is C26H27BrN4O6S. The zero-order valence-electron chi connectivity index (χ0n) is 20.8. The van der Waals surface area contributed by atoms with E-state index in [0.717, 1.165) is 32.2 Å². The molecule has 1 N–H and O–H groups in total. The third-order valence-electron chi connectivity index (χ3n) is 5.79. The monoisotopic (exact) mass is 602 g/mol. The topological polar surface area (TPSA) is 130 Å². The lowest BCUT2D eigenvalue weighted by Gasteiger charge is -2.33. The summed E-state index contributed by atoms with van der Waals surface area (Å²) >= 11 is 3.38. The van der Waals surface area contributed by atoms with Gasteiger partial charge in [-0.1, -0.05) is 64.5 Å². The maximum atomic E-state index is 13.8. The van der Waals surface area contributed by atoms with Crippen molar-refractivity contribution in [3.8, 4) is 0 Å². The summed E-state index contributed by atoms with van der Waals surface area (Å²) in [6.07, 6.45) is 1.11. The highest BCUT2D eigenvalue weighted by Gasteiger charge is 2.32. The number of hydrogen-bond acceptors (Lipinski definition) is 6. The van der Waals surface area contributed by atoms with Gasteiger partial charge < -0.3 is 10.2 Å². The van der Waals surface area contributed by atoms with E-state index in [4.69, 9.17) is 0 Å². The summed E-state index contributed by atoms with van der Waals surface area (Å²) in [6.45, 7) is -0.623. The highest BCUT2D eigenvalue weighted by Crippen LogP contribution is 2.24. The number of carbonyl (C=O) groups is 2. The Labute approximate surface area is 229 Å². The largest absolute Gasteiger partial charge is 0.357 e. The van der Waals surface area contributed by atoms with Gasteiger partial charge in [0.2, 0.25) is 21.8 Å². The Bertz CT molecular complexity index is 1400. The fourth-order valence-electron chi connectivity index (χ4n) is 3.88. The molecule has 0 aromatic heterocycles. The van der Waals surface area contributed by atoms with Crippen LogP contribution in [0, 0.1) is 10.1 Å². The van der Waals surface area contributed by atoms with Crippen LogP contribution < -0.4 is 9.62 Å². The molecule has 10 nitrogen and oxygen atoms in total. The van der Waals surface area contributed by atoms with Gasteiger partial charge in [0.05, 0.1) is 16.9 Å². The average Bonchev–Trinajstić information content (AvgIpc) is 2.89. The van der Waals surface area contributed by atoms with Crippen LogP contribution in [0.25, 0.3) is 0 Å². The molecule has 1 atom stereocenters. The summed E-state index contributed by atoms with van der Waals surface area (Å²) in [7, 11) is -2.55. The molecule has 0 aliphatic heterocycles. The summed E-state index contributed by atoms with van der Waals surface area (Å²) in [5.41, 5.74) is 1.19. The summed E-state index contributed by atoms with van der Waals surface area (Å²) in [4.78, 5) is 38.8. The molecule has 200 valence electrons. The van der Waals surface area contributed by atoms with Crippen LogP contribution in [0.2, 0.25) is 0 Å². The molecule has 0 unspecified atom stereocenters. The van der Waals surface area contributed by atoms with Gasteiger partial charge in [-0.05, 0) is 29.3 Å². The first-order valence-electron chi connectivity index (χ1n) is 11.5. The van der Waals surface area contributed by atoms with Crippen LogP contribution >= 0.6 is 15.9 Å². The zero-order chi connectivity index (χ0) is 27.9. The molecule has 0 aliphatic carbocycles. The Kier molecular flexibility index (Phi) is 9.59. The van der Waals surface area contributed by atoms with Crippen molar-refractivity contribution in [1.82, 2.24) is 10.2 Å². The van der Waals surface area contributed by atoms with Gasteiger partial charge in [0, 0.05) is 36.6 Å². The molecule has 12 heteroatoms. The number of hydrogen-bond donors (Lipinski definition) is 1. The van der Waals surface area contributed by atoms with E-state index in [1.54, 1.807) is 24.3 Å². The minimum atomic E-state index is -4.02. The number of anilines is 1. The number of nitrogens with zero attached hydrogens (tertiary/aromatic N) is 3. The van der Waals surface area contributed by atoms with Crippen LogP contribution in [0.15, 0.2) is 83.3 Å². The van der Waals surface area contributed by atoms with E-state index >= 15 is 0 Å². The van der Waals surface area contributed by atoms with E-state index in [-0.39, 0.29) is 24.3 Å². The first-order chi connectivity index (χ1) is 18.0. The fraction of sp³-hybridized carbons (Fsp3) is 0.231. The van der Waals surface area contributed by atoms with E-state index in [1.165, 1.54) is 30.1 Å². The van der Waals surface area contributed by atoms with Gasteiger partial charge in [0.15, 0.2) is 0 Å².